The lowest BCUT2D eigenvalue weighted by atomic mass is 10.2. The van der Waals surface area contributed by atoms with Gasteiger partial charge in [0.15, 0.2) is 5.84 Å². The number of nitrogens with two attached hydrogens (primary N) is 1. The highest BCUT2D eigenvalue weighted by atomic mass is 35.5. The highest BCUT2D eigenvalue weighted by Crippen LogP contribution is 2.31. The van der Waals surface area contributed by atoms with Gasteiger partial charge in [-0.15, -0.1) is 0 Å². The summed E-state index contributed by atoms with van der Waals surface area (Å²) in [5.41, 5.74) is 5.97. The number of non-ortho nitro benzene ring substituents is 1. The van der Waals surface area contributed by atoms with E-state index >= 15 is 0 Å². The molecule has 0 radical (unpaired) electrons. The fourth-order valence-electron chi connectivity index (χ4n) is 1.59. The first-order valence-electron chi connectivity index (χ1n) is 5.71. The van der Waals surface area contributed by atoms with Gasteiger partial charge in [-0.25, -0.2) is 0 Å². The fraction of sp³-hybridized carbons (Fsp3) is 0. The molecule has 0 saturated heterocycles. The van der Waals surface area contributed by atoms with E-state index in [9.17, 15) is 10.1 Å². The van der Waals surface area contributed by atoms with Gasteiger partial charge < -0.3 is 10.9 Å². The average Bonchev–Trinajstić information content (AvgIpc) is 2.47. The fourth-order valence-corrected chi connectivity index (χ4v) is 2.79. The molecule has 0 fully saturated rings. The summed E-state index contributed by atoms with van der Waals surface area (Å²) in [7, 11) is 0. The molecule has 0 amide bonds. The molecule has 0 aliphatic carbocycles. The second kappa shape index (κ2) is 6.47. The predicted molar refractivity (Wildman–Crippen MR) is 81.2 cm³/mol. The first-order chi connectivity index (χ1) is 10.0. The van der Waals surface area contributed by atoms with E-state index in [0.29, 0.717) is 10.6 Å². The van der Waals surface area contributed by atoms with Crippen molar-refractivity contribution >= 4 is 34.9 Å². The molecule has 0 unspecified atom stereocenters. The number of rotatable bonds is 4. The Morgan fingerprint density at radius 2 is 1.86 bits per heavy atom. The lowest BCUT2D eigenvalue weighted by Crippen LogP contribution is -2.13. The van der Waals surface area contributed by atoms with E-state index in [1.807, 2.05) is 0 Å². The van der Waals surface area contributed by atoms with Crippen LogP contribution in [0.4, 0.5) is 5.69 Å². The third-order valence-electron chi connectivity index (χ3n) is 2.61. The summed E-state index contributed by atoms with van der Waals surface area (Å²) in [5.74, 6) is -0.0631. The van der Waals surface area contributed by atoms with Crippen molar-refractivity contribution in [3.63, 3.8) is 0 Å². The van der Waals surface area contributed by atoms with Gasteiger partial charge in [0.2, 0.25) is 0 Å². The molecule has 21 heavy (non-hydrogen) atoms. The summed E-state index contributed by atoms with van der Waals surface area (Å²) in [6, 6.07) is 11.3. The van der Waals surface area contributed by atoms with Crippen molar-refractivity contribution < 1.29 is 10.1 Å². The van der Waals surface area contributed by atoms with E-state index in [2.05, 4.69) is 5.16 Å². The molecule has 0 saturated carbocycles. The standard InChI is InChI=1S/C13H10ClN3O3S/c14-12-7-10(5-6-11(12)13(15)16-18)21-9-3-1-8(2-4-9)17(19)20/h1-7,18H,(H2,15,16). The van der Waals surface area contributed by atoms with Gasteiger partial charge >= 0.3 is 0 Å². The molecule has 108 valence electrons. The minimum Gasteiger partial charge on any atom is -0.409 e. The van der Waals surface area contributed by atoms with E-state index in [-0.39, 0.29) is 11.5 Å². The third kappa shape index (κ3) is 3.65. The smallest absolute Gasteiger partial charge is 0.269 e. The van der Waals surface area contributed by atoms with Gasteiger partial charge in [0.25, 0.3) is 5.69 Å². The Morgan fingerprint density at radius 3 is 2.38 bits per heavy atom. The van der Waals surface area contributed by atoms with E-state index in [0.717, 1.165) is 9.79 Å². The Bertz CT molecular complexity index is 704. The van der Waals surface area contributed by atoms with Crippen molar-refractivity contribution in [1.29, 1.82) is 0 Å². The van der Waals surface area contributed by atoms with Crippen LogP contribution < -0.4 is 5.73 Å². The first kappa shape index (κ1) is 15.1. The molecule has 0 aliphatic rings. The van der Waals surface area contributed by atoms with Crippen LogP contribution in [0.1, 0.15) is 5.56 Å². The maximum atomic E-state index is 10.6. The number of hydrogen-bond acceptors (Lipinski definition) is 5. The molecule has 2 aromatic rings. The summed E-state index contributed by atoms with van der Waals surface area (Å²) in [6.07, 6.45) is 0. The zero-order valence-corrected chi connectivity index (χ0v) is 12.1. The van der Waals surface area contributed by atoms with Crippen LogP contribution in [0.5, 0.6) is 0 Å². The molecule has 2 rings (SSSR count). The predicted octanol–water partition coefficient (Wildman–Crippen LogP) is 3.49. The minimum absolute atomic E-state index is 0.0414. The summed E-state index contributed by atoms with van der Waals surface area (Å²) < 4.78 is 0. The highest BCUT2D eigenvalue weighted by Gasteiger charge is 2.08. The number of nitro groups is 1. The Balaban J connectivity index is 2.20. The number of hydrogen-bond donors (Lipinski definition) is 2. The van der Waals surface area contributed by atoms with Crippen molar-refractivity contribution in [2.24, 2.45) is 10.9 Å². The maximum absolute atomic E-state index is 10.6. The third-order valence-corrected chi connectivity index (χ3v) is 3.92. The number of oxime groups is 1. The van der Waals surface area contributed by atoms with Crippen LogP contribution >= 0.6 is 23.4 Å². The first-order valence-corrected chi connectivity index (χ1v) is 6.90. The van der Waals surface area contributed by atoms with Gasteiger partial charge in [0.1, 0.15) is 0 Å². The molecule has 0 spiro atoms. The molecule has 0 atom stereocenters. The van der Waals surface area contributed by atoms with Crippen LogP contribution in [-0.2, 0) is 0 Å². The number of amidine groups is 1. The average molecular weight is 324 g/mol. The van der Waals surface area contributed by atoms with Gasteiger partial charge in [-0.3, -0.25) is 10.1 Å². The van der Waals surface area contributed by atoms with Crippen LogP contribution in [0.15, 0.2) is 57.4 Å². The second-order valence-electron chi connectivity index (χ2n) is 3.98. The summed E-state index contributed by atoms with van der Waals surface area (Å²) in [6.45, 7) is 0. The number of halogens is 1. The summed E-state index contributed by atoms with van der Waals surface area (Å²) in [4.78, 5) is 11.8. The summed E-state index contributed by atoms with van der Waals surface area (Å²) in [5, 5.41) is 22.5. The Morgan fingerprint density at radius 1 is 1.24 bits per heavy atom. The molecule has 0 aromatic heterocycles. The van der Waals surface area contributed by atoms with E-state index in [4.69, 9.17) is 22.5 Å². The number of nitro benzene ring substituents is 1. The molecule has 2 aromatic carbocycles. The number of nitrogens with zero attached hydrogens (tertiary/aromatic N) is 2. The van der Waals surface area contributed by atoms with E-state index in [1.165, 1.54) is 23.9 Å². The van der Waals surface area contributed by atoms with Crippen LogP contribution in [0, 0.1) is 10.1 Å². The maximum Gasteiger partial charge on any atom is 0.269 e. The Kier molecular flexibility index (Phi) is 4.66. The zero-order chi connectivity index (χ0) is 15.4. The van der Waals surface area contributed by atoms with Gasteiger partial charge in [-0.05, 0) is 30.3 Å². The van der Waals surface area contributed by atoms with Gasteiger partial charge in [-0.2, -0.15) is 0 Å². The van der Waals surface area contributed by atoms with E-state index < -0.39 is 4.92 Å². The van der Waals surface area contributed by atoms with Crippen molar-refractivity contribution in [2.75, 3.05) is 0 Å². The Hall–Kier alpha value is -2.25. The molecule has 6 nitrogen and oxygen atoms in total. The van der Waals surface area contributed by atoms with Crippen molar-refractivity contribution in [3.8, 4) is 0 Å². The van der Waals surface area contributed by atoms with Crippen molar-refractivity contribution in [2.45, 2.75) is 9.79 Å². The zero-order valence-electron chi connectivity index (χ0n) is 10.6. The van der Waals surface area contributed by atoms with Gasteiger partial charge in [-0.1, -0.05) is 28.5 Å². The van der Waals surface area contributed by atoms with Crippen LogP contribution in [-0.4, -0.2) is 16.0 Å². The van der Waals surface area contributed by atoms with Gasteiger partial charge in [0.05, 0.1) is 9.95 Å². The van der Waals surface area contributed by atoms with Gasteiger partial charge in [0, 0.05) is 27.5 Å². The molecular weight excluding hydrogens is 314 g/mol. The van der Waals surface area contributed by atoms with Crippen LogP contribution in [0.2, 0.25) is 5.02 Å². The topological polar surface area (TPSA) is 102 Å². The lowest BCUT2D eigenvalue weighted by molar-refractivity contribution is -0.384. The molecular formula is C13H10ClN3O3S. The Labute approximate surface area is 129 Å². The SMILES string of the molecule is NC(=NO)c1ccc(Sc2ccc([N+](=O)[O-])cc2)cc1Cl. The molecule has 0 bridgehead atoms. The van der Waals surface area contributed by atoms with Crippen LogP contribution in [0.3, 0.4) is 0 Å². The lowest BCUT2D eigenvalue weighted by Gasteiger charge is -2.06. The summed E-state index contributed by atoms with van der Waals surface area (Å²) >= 11 is 7.46. The second-order valence-corrected chi connectivity index (χ2v) is 5.53. The molecule has 0 heterocycles. The monoisotopic (exact) mass is 323 g/mol. The normalized spacial score (nSPS) is 11.4. The number of benzene rings is 2. The molecule has 0 aliphatic heterocycles. The quantitative estimate of drug-likeness (QED) is 0.295. The molecule has 3 N–H and O–H groups in total. The van der Waals surface area contributed by atoms with Crippen molar-refractivity contribution in [3.05, 3.63) is 63.2 Å². The minimum atomic E-state index is -0.447. The van der Waals surface area contributed by atoms with Crippen molar-refractivity contribution in [1.82, 2.24) is 0 Å². The highest BCUT2D eigenvalue weighted by molar-refractivity contribution is 7.99. The van der Waals surface area contributed by atoms with Crippen LogP contribution in [0.25, 0.3) is 0 Å². The largest absolute Gasteiger partial charge is 0.409 e. The van der Waals surface area contributed by atoms with E-state index in [1.54, 1.807) is 30.3 Å². The molecule has 8 heteroatoms.